The molecule has 1 unspecified atom stereocenters. The summed E-state index contributed by atoms with van der Waals surface area (Å²) in [4.78, 5) is 23.8. The van der Waals surface area contributed by atoms with Crippen LogP contribution < -0.4 is 5.32 Å². The van der Waals surface area contributed by atoms with Crippen LogP contribution in [-0.2, 0) is 11.2 Å². The molecule has 1 N–H and O–H groups in total. The second kappa shape index (κ2) is 6.98. The summed E-state index contributed by atoms with van der Waals surface area (Å²) in [5.41, 5.74) is 0.954. The van der Waals surface area contributed by atoms with Crippen molar-refractivity contribution in [1.29, 1.82) is 0 Å². The fraction of sp³-hybridized carbons (Fsp3) is 0.667. The van der Waals surface area contributed by atoms with Gasteiger partial charge in [-0.1, -0.05) is 26.2 Å². The van der Waals surface area contributed by atoms with E-state index in [1.807, 2.05) is 6.07 Å². The number of hydrogen-bond donors (Lipinski definition) is 1. The third-order valence-electron chi connectivity index (χ3n) is 5.48. The molecule has 2 aromatic rings. The predicted molar refractivity (Wildman–Crippen MR) is 95.4 cm³/mol. The molecule has 3 heterocycles. The molecule has 134 valence electrons. The van der Waals surface area contributed by atoms with Crippen molar-refractivity contribution in [3.8, 4) is 0 Å². The topological polar surface area (TPSA) is 75.4 Å². The molecular formula is C18H26N6O. The number of aromatic nitrogens is 4. The standard InChI is InChI=1S/C18H26N6O/c1-2-13-11-16(24-18(21-13)19-12-20-24)22-15-9-6-10-23(17(15)25)14-7-4-3-5-8-14/h11-12,14-15,22H,2-10H2,1H3. The van der Waals surface area contributed by atoms with Gasteiger partial charge in [-0.3, -0.25) is 4.79 Å². The molecular weight excluding hydrogens is 316 g/mol. The van der Waals surface area contributed by atoms with Gasteiger partial charge in [-0.15, -0.1) is 0 Å². The molecule has 4 rings (SSSR count). The minimum absolute atomic E-state index is 0.185. The average molecular weight is 342 g/mol. The van der Waals surface area contributed by atoms with E-state index in [0.29, 0.717) is 11.8 Å². The lowest BCUT2D eigenvalue weighted by Crippen LogP contribution is -2.52. The van der Waals surface area contributed by atoms with Crippen LogP contribution in [0.5, 0.6) is 0 Å². The number of anilines is 1. The Morgan fingerprint density at radius 1 is 1.20 bits per heavy atom. The first-order chi connectivity index (χ1) is 12.3. The maximum atomic E-state index is 13.1. The molecule has 1 aliphatic heterocycles. The van der Waals surface area contributed by atoms with Crippen molar-refractivity contribution in [2.75, 3.05) is 11.9 Å². The summed E-state index contributed by atoms with van der Waals surface area (Å²) < 4.78 is 1.69. The Balaban J connectivity index is 1.55. The highest BCUT2D eigenvalue weighted by molar-refractivity contribution is 5.85. The van der Waals surface area contributed by atoms with Crippen LogP contribution in [0.3, 0.4) is 0 Å². The first kappa shape index (κ1) is 16.3. The van der Waals surface area contributed by atoms with Crippen LogP contribution in [-0.4, -0.2) is 49.0 Å². The summed E-state index contributed by atoms with van der Waals surface area (Å²) in [6.07, 6.45) is 10.3. The second-order valence-corrected chi connectivity index (χ2v) is 7.12. The van der Waals surface area contributed by atoms with Crippen molar-refractivity contribution in [1.82, 2.24) is 24.5 Å². The molecule has 0 spiro atoms. The van der Waals surface area contributed by atoms with Crippen molar-refractivity contribution in [3.63, 3.8) is 0 Å². The van der Waals surface area contributed by atoms with Crippen molar-refractivity contribution >= 4 is 17.5 Å². The van der Waals surface area contributed by atoms with Crippen molar-refractivity contribution in [2.24, 2.45) is 0 Å². The fourth-order valence-electron chi connectivity index (χ4n) is 4.11. The van der Waals surface area contributed by atoms with Crippen molar-refractivity contribution in [3.05, 3.63) is 18.1 Å². The summed E-state index contributed by atoms with van der Waals surface area (Å²) in [5, 5.41) is 7.68. The molecule has 0 bridgehead atoms. The number of rotatable bonds is 4. The van der Waals surface area contributed by atoms with Crippen LogP contribution >= 0.6 is 0 Å². The molecule has 0 radical (unpaired) electrons. The number of amides is 1. The molecule has 7 nitrogen and oxygen atoms in total. The van der Waals surface area contributed by atoms with Gasteiger partial charge in [0, 0.05) is 24.3 Å². The Bertz CT molecular complexity index is 751. The first-order valence-corrected chi connectivity index (χ1v) is 9.53. The van der Waals surface area contributed by atoms with E-state index >= 15 is 0 Å². The van der Waals surface area contributed by atoms with E-state index in [-0.39, 0.29) is 11.9 Å². The zero-order valence-electron chi connectivity index (χ0n) is 14.8. The lowest BCUT2D eigenvalue weighted by molar-refractivity contribution is -0.137. The molecule has 1 saturated heterocycles. The van der Waals surface area contributed by atoms with Gasteiger partial charge >= 0.3 is 0 Å². The van der Waals surface area contributed by atoms with Gasteiger partial charge in [0.1, 0.15) is 18.2 Å². The summed E-state index contributed by atoms with van der Waals surface area (Å²) in [6, 6.07) is 2.23. The number of nitrogens with one attached hydrogen (secondary N) is 1. The van der Waals surface area contributed by atoms with Gasteiger partial charge in [0.15, 0.2) is 0 Å². The van der Waals surface area contributed by atoms with E-state index in [9.17, 15) is 4.79 Å². The van der Waals surface area contributed by atoms with E-state index in [0.717, 1.165) is 50.2 Å². The van der Waals surface area contributed by atoms with Gasteiger partial charge in [-0.2, -0.15) is 14.6 Å². The Hall–Kier alpha value is -2.18. The molecule has 1 saturated carbocycles. The normalized spacial score (nSPS) is 22.5. The van der Waals surface area contributed by atoms with Crippen LogP contribution in [0.1, 0.15) is 57.6 Å². The quantitative estimate of drug-likeness (QED) is 0.923. The highest BCUT2D eigenvalue weighted by Crippen LogP contribution is 2.27. The molecule has 1 amide bonds. The highest BCUT2D eigenvalue weighted by Gasteiger charge is 2.34. The maximum Gasteiger partial charge on any atom is 0.254 e. The molecule has 1 aliphatic carbocycles. The predicted octanol–water partition coefficient (Wildman–Crippen LogP) is 2.42. The number of carbonyl (C=O) groups excluding carboxylic acids is 1. The molecule has 2 aromatic heterocycles. The summed E-state index contributed by atoms with van der Waals surface area (Å²) in [5.74, 6) is 1.62. The summed E-state index contributed by atoms with van der Waals surface area (Å²) in [6.45, 7) is 2.96. The average Bonchev–Trinajstić information content (AvgIpc) is 3.13. The smallest absolute Gasteiger partial charge is 0.254 e. The van der Waals surface area contributed by atoms with Crippen molar-refractivity contribution in [2.45, 2.75) is 70.4 Å². The number of hydrogen-bond acceptors (Lipinski definition) is 5. The minimum Gasteiger partial charge on any atom is -0.358 e. The first-order valence-electron chi connectivity index (χ1n) is 9.53. The molecule has 7 heteroatoms. The second-order valence-electron chi connectivity index (χ2n) is 7.12. The maximum absolute atomic E-state index is 13.1. The lowest BCUT2D eigenvalue weighted by atomic mass is 9.91. The minimum atomic E-state index is -0.185. The molecule has 1 atom stereocenters. The fourth-order valence-corrected chi connectivity index (χ4v) is 4.11. The number of likely N-dealkylation sites (tertiary alicyclic amines) is 1. The molecule has 2 fully saturated rings. The number of nitrogens with zero attached hydrogens (tertiary/aromatic N) is 5. The third kappa shape index (κ3) is 3.19. The van der Waals surface area contributed by atoms with Crippen LogP contribution in [0.25, 0.3) is 5.78 Å². The SMILES string of the molecule is CCc1cc(NC2CCCN(C3CCCCC3)C2=O)n2ncnc2n1. The van der Waals surface area contributed by atoms with Crippen LogP contribution in [0.2, 0.25) is 0 Å². The van der Waals surface area contributed by atoms with E-state index in [4.69, 9.17) is 0 Å². The molecule has 0 aromatic carbocycles. The monoisotopic (exact) mass is 342 g/mol. The van der Waals surface area contributed by atoms with E-state index in [1.54, 1.807) is 4.52 Å². The van der Waals surface area contributed by atoms with Gasteiger partial charge in [-0.05, 0) is 32.1 Å². The van der Waals surface area contributed by atoms with E-state index < -0.39 is 0 Å². The Labute approximate surface area is 147 Å². The van der Waals surface area contributed by atoms with Gasteiger partial charge in [0.05, 0.1) is 0 Å². The number of carbonyl (C=O) groups is 1. The largest absolute Gasteiger partial charge is 0.358 e. The van der Waals surface area contributed by atoms with Crippen LogP contribution in [0, 0.1) is 0 Å². The van der Waals surface area contributed by atoms with E-state index in [1.165, 1.54) is 25.6 Å². The molecule has 25 heavy (non-hydrogen) atoms. The Morgan fingerprint density at radius 3 is 2.84 bits per heavy atom. The zero-order valence-corrected chi connectivity index (χ0v) is 14.8. The van der Waals surface area contributed by atoms with Gasteiger partial charge in [0.2, 0.25) is 5.91 Å². The highest BCUT2D eigenvalue weighted by atomic mass is 16.2. The number of aryl methyl sites for hydroxylation is 1. The van der Waals surface area contributed by atoms with E-state index in [2.05, 4.69) is 32.2 Å². The van der Waals surface area contributed by atoms with Gasteiger partial charge in [-0.25, -0.2) is 4.98 Å². The number of piperidine rings is 1. The van der Waals surface area contributed by atoms with Crippen LogP contribution in [0.15, 0.2) is 12.4 Å². The summed E-state index contributed by atoms with van der Waals surface area (Å²) >= 11 is 0. The lowest BCUT2D eigenvalue weighted by Gasteiger charge is -2.40. The summed E-state index contributed by atoms with van der Waals surface area (Å²) in [7, 11) is 0. The number of fused-ring (bicyclic) bond motifs is 1. The van der Waals surface area contributed by atoms with Gasteiger partial charge in [0.25, 0.3) is 5.78 Å². The van der Waals surface area contributed by atoms with Crippen molar-refractivity contribution < 1.29 is 4.79 Å². The van der Waals surface area contributed by atoms with Gasteiger partial charge < -0.3 is 10.2 Å². The third-order valence-corrected chi connectivity index (χ3v) is 5.48. The van der Waals surface area contributed by atoms with Crippen LogP contribution in [0.4, 0.5) is 5.82 Å². The zero-order chi connectivity index (χ0) is 17.2. The molecule has 2 aliphatic rings. The Morgan fingerprint density at radius 2 is 2.04 bits per heavy atom. The Kier molecular flexibility index (Phi) is 4.55.